The van der Waals surface area contributed by atoms with E-state index in [1.807, 2.05) is 0 Å². The van der Waals surface area contributed by atoms with Crippen LogP contribution in [0.2, 0.25) is 0 Å². The molecule has 1 aromatic rings. The van der Waals surface area contributed by atoms with Gasteiger partial charge in [-0.05, 0) is 32.0 Å². The number of nitrogens with zero attached hydrogens (tertiary/aromatic N) is 2. The second-order valence-corrected chi connectivity index (χ2v) is 7.50. The lowest BCUT2D eigenvalue weighted by atomic mass is 9.95. The predicted molar refractivity (Wildman–Crippen MR) is 99.2 cm³/mol. The zero-order valence-corrected chi connectivity index (χ0v) is 15.5. The van der Waals surface area contributed by atoms with Gasteiger partial charge in [0.1, 0.15) is 0 Å². The minimum Gasteiger partial charge on any atom is -0.351 e. The molecule has 0 aromatic heterocycles. The molecule has 0 radical (unpaired) electrons. The number of non-ortho nitro benzene ring substituents is 1. The zero-order valence-electron chi connectivity index (χ0n) is 15.5. The van der Waals surface area contributed by atoms with Crippen molar-refractivity contribution < 1.29 is 14.5 Å². The van der Waals surface area contributed by atoms with E-state index in [4.69, 9.17) is 0 Å². The van der Waals surface area contributed by atoms with Crippen LogP contribution in [0.1, 0.15) is 44.0 Å². The van der Waals surface area contributed by atoms with Crippen LogP contribution in [-0.4, -0.2) is 47.8 Å². The molecular weight excluding hydrogens is 336 g/mol. The Hall–Kier alpha value is -2.48. The molecule has 0 atom stereocenters. The average molecular weight is 362 g/mol. The molecule has 2 rings (SSSR count). The van der Waals surface area contributed by atoms with Crippen molar-refractivity contribution in [1.82, 2.24) is 10.2 Å². The second kappa shape index (κ2) is 8.27. The molecule has 8 heteroatoms. The average Bonchev–Trinajstić information content (AvgIpc) is 3.07. The summed E-state index contributed by atoms with van der Waals surface area (Å²) < 4.78 is 0. The highest BCUT2D eigenvalue weighted by Gasteiger charge is 2.24. The fourth-order valence-electron chi connectivity index (χ4n) is 2.69. The molecule has 1 aromatic carbocycles. The Balaban J connectivity index is 2.12. The zero-order chi connectivity index (χ0) is 19.3. The molecule has 0 saturated carbocycles. The number of hydrogen-bond donors (Lipinski definition) is 2. The Bertz CT molecular complexity index is 691. The SMILES string of the molecule is CC(C)(C)C(=O)Nc1cc([N+](=O)[O-])ccc1C(=O)NCCN1CCCC1. The van der Waals surface area contributed by atoms with Crippen LogP contribution in [-0.2, 0) is 4.79 Å². The molecule has 1 fully saturated rings. The van der Waals surface area contributed by atoms with Gasteiger partial charge in [0.05, 0.1) is 16.2 Å². The van der Waals surface area contributed by atoms with Gasteiger partial charge in [-0.3, -0.25) is 19.7 Å². The first kappa shape index (κ1) is 19.8. The summed E-state index contributed by atoms with van der Waals surface area (Å²) in [5.41, 5.74) is -0.496. The summed E-state index contributed by atoms with van der Waals surface area (Å²) in [6, 6.07) is 3.86. The summed E-state index contributed by atoms with van der Waals surface area (Å²) in [5, 5.41) is 16.5. The smallest absolute Gasteiger partial charge is 0.271 e. The van der Waals surface area contributed by atoms with Crippen LogP contribution in [0.25, 0.3) is 0 Å². The minimum absolute atomic E-state index is 0.151. The summed E-state index contributed by atoms with van der Waals surface area (Å²) >= 11 is 0. The lowest BCUT2D eigenvalue weighted by molar-refractivity contribution is -0.384. The van der Waals surface area contributed by atoms with E-state index in [9.17, 15) is 19.7 Å². The highest BCUT2D eigenvalue weighted by Crippen LogP contribution is 2.25. The van der Waals surface area contributed by atoms with Crippen molar-refractivity contribution >= 4 is 23.2 Å². The fourth-order valence-corrected chi connectivity index (χ4v) is 2.69. The van der Waals surface area contributed by atoms with Gasteiger partial charge in [-0.15, -0.1) is 0 Å². The summed E-state index contributed by atoms with van der Waals surface area (Å²) in [6.07, 6.45) is 2.36. The van der Waals surface area contributed by atoms with Gasteiger partial charge in [0.25, 0.3) is 11.6 Å². The highest BCUT2D eigenvalue weighted by atomic mass is 16.6. The number of likely N-dealkylation sites (tertiary alicyclic amines) is 1. The van der Waals surface area contributed by atoms with Gasteiger partial charge in [-0.1, -0.05) is 20.8 Å². The maximum Gasteiger partial charge on any atom is 0.271 e. The summed E-state index contributed by atoms with van der Waals surface area (Å²) in [6.45, 7) is 8.53. The Morgan fingerprint density at radius 2 is 1.88 bits per heavy atom. The maximum atomic E-state index is 12.5. The Morgan fingerprint density at radius 3 is 2.46 bits per heavy atom. The molecule has 1 heterocycles. The van der Waals surface area contributed by atoms with Crippen molar-refractivity contribution in [1.29, 1.82) is 0 Å². The van der Waals surface area contributed by atoms with Gasteiger partial charge >= 0.3 is 0 Å². The molecule has 1 aliphatic rings. The largest absolute Gasteiger partial charge is 0.351 e. The monoisotopic (exact) mass is 362 g/mol. The van der Waals surface area contributed by atoms with E-state index in [1.54, 1.807) is 20.8 Å². The fraction of sp³-hybridized carbons (Fsp3) is 0.556. The normalized spacial score (nSPS) is 14.9. The number of anilines is 1. The molecular formula is C18H26N4O4. The quantitative estimate of drug-likeness (QED) is 0.597. The highest BCUT2D eigenvalue weighted by molar-refractivity contribution is 6.05. The molecule has 26 heavy (non-hydrogen) atoms. The van der Waals surface area contributed by atoms with Crippen LogP contribution < -0.4 is 10.6 Å². The Kier molecular flexibility index (Phi) is 6.31. The lowest BCUT2D eigenvalue weighted by Crippen LogP contribution is -2.34. The van der Waals surface area contributed by atoms with Gasteiger partial charge in [0, 0.05) is 30.6 Å². The van der Waals surface area contributed by atoms with Gasteiger partial charge in [0.15, 0.2) is 0 Å². The standard InChI is InChI=1S/C18H26N4O4/c1-18(2,3)17(24)20-15-12-13(22(25)26)6-7-14(15)16(23)19-8-11-21-9-4-5-10-21/h6-7,12H,4-5,8-11H2,1-3H3,(H,19,23)(H,20,24). The Labute approximate surface area is 153 Å². The van der Waals surface area contributed by atoms with Crippen molar-refractivity contribution in [3.05, 3.63) is 33.9 Å². The van der Waals surface area contributed by atoms with Gasteiger partial charge in [-0.2, -0.15) is 0 Å². The minimum atomic E-state index is -0.686. The van der Waals surface area contributed by atoms with Gasteiger partial charge in [0.2, 0.25) is 5.91 Å². The van der Waals surface area contributed by atoms with Gasteiger partial charge in [-0.25, -0.2) is 0 Å². The molecule has 2 N–H and O–H groups in total. The van der Waals surface area contributed by atoms with E-state index in [1.165, 1.54) is 31.0 Å². The van der Waals surface area contributed by atoms with Crippen molar-refractivity contribution in [3.8, 4) is 0 Å². The van der Waals surface area contributed by atoms with Crippen LogP contribution in [0.15, 0.2) is 18.2 Å². The van der Waals surface area contributed by atoms with Gasteiger partial charge < -0.3 is 15.5 Å². The molecule has 0 unspecified atom stereocenters. The molecule has 0 aliphatic carbocycles. The molecule has 2 amide bonds. The van der Waals surface area contributed by atoms with E-state index < -0.39 is 10.3 Å². The maximum absolute atomic E-state index is 12.5. The molecule has 8 nitrogen and oxygen atoms in total. The van der Waals surface area contributed by atoms with Crippen LogP contribution in [0, 0.1) is 15.5 Å². The van der Waals surface area contributed by atoms with Crippen molar-refractivity contribution in [2.45, 2.75) is 33.6 Å². The molecule has 1 saturated heterocycles. The topological polar surface area (TPSA) is 105 Å². The van der Waals surface area contributed by atoms with Crippen molar-refractivity contribution in [2.75, 3.05) is 31.5 Å². The first-order valence-electron chi connectivity index (χ1n) is 8.79. The lowest BCUT2D eigenvalue weighted by Gasteiger charge is -2.19. The third-order valence-electron chi connectivity index (χ3n) is 4.30. The van der Waals surface area contributed by atoms with E-state index in [-0.39, 0.29) is 28.8 Å². The molecule has 0 bridgehead atoms. The first-order valence-corrected chi connectivity index (χ1v) is 8.79. The van der Waals surface area contributed by atoms with Crippen LogP contribution in [0.4, 0.5) is 11.4 Å². The van der Waals surface area contributed by atoms with Crippen LogP contribution in [0.5, 0.6) is 0 Å². The van der Waals surface area contributed by atoms with E-state index in [0.29, 0.717) is 6.54 Å². The number of carbonyl (C=O) groups excluding carboxylic acids is 2. The predicted octanol–water partition coefficient (Wildman–Crippen LogP) is 2.41. The number of carbonyl (C=O) groups is 2. The second-order valence-electron chi connectivity index (χ2n) is 7.50. The van der Waals surface area contributed by atoms with E-state index in [0.717, 1.165) is 19.6 Å². The number of amides is 2. The summed E-state index contributed by atoms with van der Waals surface area (Å²) in [5.74, 6) is -0.674. The number of benzene rings is 1. The molecule has 142 valence electrons. The van der Waals surface area contributed by atoms with Crippen molar-refractivity contribution in [2.24, 2.45) is 5.41 Å². The van der Waals surface area contributed by atoms with Crippen molar-refractivity contribution in [3.63, 3.8) is 0 Å². The van der Waals surface area contributed by atoms with Crippen LogP contribution in [0.3, 0.4) is 0 Å². The third kappa shape index (κ3) is 5.26. The molecule has 1 aliphatic heterocycles. The number of nitro groups is 1. The summed E-state index contributed by atoms with van der Waals surface area (Å²) in [7, 11) is 0. The Morgan fingerprint density at radius 1 is 1.23 bits per heavy atom. The third-order valence-corrected chi connectivity index (χ3v) is 4.30. The first-order chi connectivity index (χ1) is 12.2. The number of rotatable bonds is 6. The van der Waals surface area contributed by atoms with Crippen LogP contribution >= 0.6 is 0 Å². The number of nitro benzene ring substituents is 1. The number of nitrogens with one attached hydrogen (secondary N) is 2. The molecule has 0 spiro atoms. The van der Waals surface area contributed by atoms with E-state index in [2.05, 4.69) is 15.5 Å². The summed E-state index contributed by atoms with van der Waals surface area (Å²) in [4.78, 5) is 37.5. The van der Waals surface area contributed by atoms with E-state index >= 15 is 0 Å². The number of hydrogen-bond acceptors (Lipinski definition) is 5.